The molecule has 1 aliphatic heterocycles. The van der Waals surface area contributed by atoms with Crippen molar-refractivity contribution in [2.45, 2.75) is 33.4 Å². The van der Waals surface area contributed by atoms with Gasteiger partial charge in [-0.15, -0.1) is 0 Å². The number of hydrogen-bond acceptors (Lipinski definition) is 4. The maximum absolute atomic E-state index is 12.9. The Kier molecular flexibility index (Phi) is 7.13. The minimum atomic E-state index is -0.588. The molecule has 0 radical (unpaired) electrons. The molecule has 1 aliphatic rings. The number of carbonyl (C=O) groups is 2. The van der Waals surface area contributed by atoms with Gasteiger partial charge in [-0.2, -0.15) is 0 Å². The summed E-state index contributed by atoms with van der Waals surface area (Å²) in [6, 6.07) is 12.6. The highest BCUT2D eigenvalue weighted by Crippen LogP contribution is 2.30. The third-order valence-corrected chi connectivity index (χ3v) is 5.34. The van der Waals surface area contributed by atoms with Crippen molar-refractivity contribution in [3.63, 3.8) is 0 Å². The van der Waals surface area contributed by atoms with Crippen LogP contribution in [0.15, 0.2) is 53.7 Å². The van der Waals surface area contributed by atoms with Crippen LogP contribution in [0.2, 0.25) is 5.02 Å². The van der Waals surface area contributed by atoms with E-state index in [-0.39, 0.29) is 19.2 Å². The lowest BCUT2D eigenvalue weighted by Gasteiger charge is -2.30. The molecule has 2 aromatic carbocycles. The number of halogens is 1. The lowest BCUT2D eigenvalue weighted by atomic mass is 9.91. The summed E-state index contributed by atoms with van der Waals surface area (Å²) in [5, 5.41) is 9.58. The van der Waals surface area contributed by atoms with Gasteiger partial charge in [-0.05, 0) is 43.5 Å². The van der Waals surface area contributed by atoms with Crippen molar-refractivity contribution in [2.24, 2.45) is 0 Å². The molecule has 0 fully saturated rings. The normalized spacial score (nSPS) is 16.1. The number of benzene rings is 2. The maximum Gasteiger partial charge on any atom is 0.338 e. The van der Waals surface area contributed by atoms with E-state index in [0.717, 1.165) is 22.3 Å². The van der Waals surface area contributed by atoms with Crippen LogP contribution in [0.25, 0.3) is 0 Å². The van der Waals surface area contributed by atoms with Crippen molar-refractivity contribution in [1.29, 1.82) is 0 Å². The largest absolute Gasteiger partial charge is 0.463 e. The van der Waals surface area contributed by atoms with E-state index in [9.17, 15) is 9.59 Å². The van der Waals surface area contributed by atoms with E-state index in [1.807, 2.05) is 56.3 Å². The average molecular weight is 428 g/mol. The van der Waals surface area contributed by atoms with Crippen molar-refractivity contribution in [3.8, 4) is 0 Å². The molecule has 0 bridgehead atoms. The summed E-state index contributed by atoms with van der Waals surface area (Å²) in [5.41, 5.74) is 4.73. The molecule has 1 heterocycles. The summed E-state index contributed by atoms with van der Waals surface area (Å²) in [4.78, 5) is 25.3. The van der Waals surface area contributed by atoms with Crippen LogP contribution < -0.4 is 16.0 Å². The number of ether oxygens (including phenoxy) is 1. The van der Waals surface area contributed by atoms with Crippen LogP contribution in [0, 0.1) is 13.8 Å². The molecule has 7 heteroatoms. The van der Waals surface area contributed by atoms with Gasteiger partial charge in [-0.1, -0.05) is 53.6 Å². The molecule has 6 nitrogen and oxygen atoms in total. The number of aryl methyl sites for hydroxylation is 2. The first-order valence-corrected chi connectivity index (χ1v) is 10.3. The summed E-state index contributed by atoms with van der Waals surface area (Å²) >= 11 is 6.22. The molecule has 0 aliphatic carbocycles. The monoisotopic (exact) mass is 427 g/mol. The molecule has 1 atom stereocenters. The number of amides is 2. The molecular weight excluding hydrogens is 402 g/mol. The second-order valence-corrected chi connectivity index (χ2v) is 7.61. The van der Waals surface area contributed by atoms with Crippen LogP contribution in [-0.2, 0) is 16.1 Å². The van der Waals surface area contributed by atoms with Crippen molar-refractivity contribution in [2.75, 3.05) is 13.2 Å². The van der Waals surface area contributed by atoms with Crippen molar-refractivity contribution in [1.82, 2.24) is 16.0 Å². The molecule has 0 spiro atoms. The standard InChI is InChI=1S/C23H26ClN3O3/c1-4-30-22(28)20-19(13-25-12-16-7-5-6-8-18(16)24)26-23(29)27-21(20)17-11-14(2)9-10-15(17)3/h5-11,21,25H,4,12-13H2,1-3H3,(H2,26,27,29)/t21-/m0/s1. The van der Waals surface area contributed by atoms with Gasteiger partial charge in [-0.25, -0.2) is 9.59 Å². The third-order valence-electron chi connectivity index (χ3n) is 4.97. The Morgan fingerprint density at radius 3 is 2.67 bits per heavy atom. The Bertz CT molecular complexity index is 987. The Hall–Kier alpha value is -2.83. The molecule has 2 amide bonds. The molecule has 3 rings (SSSR count). The lowest BCUT2D eigenvalue weighted by Crippen LogP contribution is -2.48. The summed E-state index contributed by atoms with van der Waals surface area (Å²) in [5.74, 6) is -0.453. The Morgan fingerprint density at radius 2 is 1.93 bits per heavy atom. The van der Waals surface area contributed by atoms with E-state index in [1.165, 1.54) is 0 Å². The fraction of sp³-hybridized carbons (Fsp3) is 0.304. The second-order valence-electron chi connectivity index (χ2n) is 7.20. The van der Waals surface area contributed by atoms with E-state index in [1.54, 1.807) is 6.92 Å². The molecular formula is C23H26ClN3O3. The molecule has 0 unspecified atom stereocenters. The van der Waals surface area contributed by atoms with Crippen LogP contribution in [0.1, 0.15) is 35.2 Å². The summed E-state index contributed by atoms with van der Waals surface area (Å²) in [7, 11) is 0. The van der Waals surface area contributed by atoms with Gasteiger partial charge >= 0.3 is 12.0 Å². The van der Waals surface area contributed by atoms with Crippen molar-refractivity contribution < 1.29 is 14.3 Å². The Morgan fingerprint density at radius 1 is 1.17 bits per heavy atom. The van der Waals surface area contributed by atoms with E-state index in [0.29, 0.717) is 22.8 Å². The van der Waals surface area contributed by atoms with Crippen molar-refractivity contribution in [3.05, 3.63) is 81.0 Å². The van der Waals surface area contributed by atoms with Crippen LogP contribution in [0.5, 0.6) is 0 Å². The highest BCUT2D eigenvalue weighted by atomic mass is 35.5. The zero-order valence-corrected chi connectivity index (χ0v) is 18.1. The number of nitrogens with one attached hydrogen (secondary N) is 3. The molecule has 0 saturated heterocycles. The van der Waals surface area contributed by atoms with E-state index in [4.69, 9.17) is 16.3 Å². The van der Waals surface area contributed by atoms with Crippen LogP contribution >= 0.6 is 11.6 Å². The third kappa shape index (κ3) is 5.01. The van der Waals surface area contributed by atoms with Gasteiger partial charge in [0.15, 0.2) is 0 Å². The van der Waals surface area contributed by atoms with Gasteiger partial charge in [0, 0.05) is 23.8 Å². The fourth-order valence-corrected chi connectivity index (χ4v) is 3.68. The molecule has 30 heavy (non-hydrogen) atoms. The van der Waals surface area contributed by atoms with Gasteiger partial charge in [0.25, 0.3) is 0 Å². The smallest absolute Gasteiger partial charge is 0.338 e. The quantitative estimate of drug-likeness (QED) is 0.585. The Labute approximate surface area is 181 Å². The van der Waals surface area contributed by atoms with Crippen LogP contribution in [0.4, 0.5) is 4.79 Å². The van der Waals surface area contributed by atoms with Gasteiger partial charge in [0.2, 0.25) is 0 Å². The molecule has 3 N–H and O–H groups in total. The first-order chi connectivity index (χ1) is 14.4. The Balaban J connectivity index is 1.94. The fourth-order valence-electron chi connectivity index (χ4n) is 3.48. The number of rotatable bonds is 7. The zero-order chi connectivity index (χ0) is 21.7. The second kappa shape index (κ2) is 9.78. The summed E-state index contributed by atoms with van der Waals surface area (Å²) in [6.07, 6.45) is 0. The summed E-state index contributed by atoms with van der Waals surface area (Å²) in [6.45, 7) is 6.73. The minimum Gasteiger partial charge on any atom is -0.463 e. The van der Waals surface area contributed by atoms with Crippen LogP contribution in [0.3, 0.4) is 0 Å². The van der Waals surface area contributed by atoms with E-state index in [2.05, 4.69) is 16.0 Å². The number of hydrogen-bond donors (Lipinski definition) is 3. The van der Waals surface area contributed by atoms with E-state index < -0.39 is 12.0 Å². The highest BCUT2D eigenvalue weighted by Gasteiger charge is 2.34. The summed E-state index contributed by atoms with van der Waals surface area (Å²) < 4.78 is 5.32. The van der Waals surface area contributed by atoms with Crippen molar-refractivity contribution >= 4 is 23.6 Å². The molecule has 158 valence electrons. The predicted molar refractivity (Wildman–Crippen MR) is 117 cm³/mol. The van der Waals surface area contributed by atoms with Gasteiger partial charge in [0.05, 0.1) is 18.2 Å². The average Bonchev–Trinajstić information content (AvgIpc) is 2.71. The highest BCUT2D eigenvalue weighted by molar-refractivity contribution is 6.31. The van der Waals surface area contributed by atoms with E-state index >= 15 is 0 Å². The predicted octanol–water partition coefficient (Wildman–Crippen LogP) is 3.92. The lowest BCUT2D eigenvalue weighted by molar-refractivity contribution is -0.139. The number of urea groups is 1. The van der Waals surface area contributed by atoms with Crippen LogP contribution in [-0.4, -0.2) is 25.2 Å². The molecule has 0 saturated carbocycles. The first kappa shape index (κ1) is 21.9. The minimum absolute atomic E-state index is 0.246. The molecule has 0 aromatic heterocycles. The first-order valence-electron chi connectivity index (χ1n) is 9.89. The molecule has 2 aromatic rings. The maximum atomic E-state index is 12.9. The number of esters is 1. The van der Waals surface area contributed by atoms with Gasteiger partial charge in [0.1, 0.15) is 0 Å². The van der Waals surface area contributed by atoms with Gasteiger partial charge in [-0.3, -0.25) is 0 Å². The topological polar surface area (TPSA) is 79.5 Å². The zero-order valence-electron chi connectivity index (χ0n) is 17.3. The SMILES string of the molecule is CCOC(=O)C1=C(CNCc2ccccc2Cl)NC(=O)N[C@H]1c1cc(C)ccc1C. The van der Waals surface area contributed by atoms with Gasteiger partial charge < -0.3 is 20.7 Å². The number of carbonyl (C=O) groups excluding carboxylic acids is 2.